The first-order valence-corrected chi connectivity index (χ1v) is 4.72. The van der Waals surface area contributed by atoms with Crippen LogP contribution in [0, 0.1) is 5.92 Å². The van der Waals surface area contributed by atoms with E-state index in [0.717, 1.165) is 6.42 Å². The summed E-state index contributed by atoms with van der Waals surface area (Å²) in [5.74, 6) is 0.419. The maximum atomic E-state index is 11.1. The van der Waals surface area contributed by atoms with E-state index in [1.54, 1.807) is 0 Å². The van der Waals surface area contributed by atoms with E-state index in [1.807, 2.05) is 14.0 Å². The summed E-state index contributed by atoms with van der Waals surface area (Å²) in [7, 11) is 1.82. The summed E-state index contributed by atoms with van der Waals surface area (Å²) in [4.78, 5) is 11.1. The van der Waals surface area contributed by atoms with Crippen LogP contribution in [0.25, 0.3) is 0 Å². The Bertz CT molecular complexity index is 140. The fraction of sp³-hybridized carbons (Fsp3) is 0.889. The largest absolute Gasteiger partial charge is 0.396 e. The van der Waals surface area contributed by atoms with Gasteiger partial charge in [-0.1, -0.05) is 6.92 Å². The highest BCUT2D eigenvalue weighted by Crippen LogP contribution is 1.97. The highest BCUT2D eigenvalue weighted by atomic mass is 16.3. The van der Waals surface area contributed by atoms with Gasteiger partial charge in [0.15, 0.2) is 0 Å². The van der Waals surface area contributed by atoms with Crippen molar-refractivity contribution < 1.29 is 9.90 Å². The smallest absolute Gasteiger partial charge is 0.221 e. The van der Waals surface area contributed by atoms with Crippen LogP contribution in [0.1, 0.15) is 19.8 Å². The average molecular weight is 188 g/mol. The zero-order valence-electron chi connectivity index (χ0n) is 8.47. The van der Waals surface area contributed by atoms with Crippen LogP contribution in [-0.2, 0) is 4.79 Å². The minimum atomic E-state index is 0.0686. The summed E-state index contributed by atoms with van der Waals surface area (Å²) in [6.07, 6.45) is 1.26. The van der Waals surface area contributed by atoms with E-state index in [0.29, 0.717) is 25.4 Å². The van der Waals surface area contributed by atoms with Gasteiger partial charge in [-0.3, -0.25) is 4.79 Å². The van der Waals surface area contributed by atoms with Crippen molar-refractivity contribution in [3.05, 3.63) is 0 Å². The third-order valence-electron chi connectivity index (χ3n) is 1.87. The van der Waals surface area contributed by atoms with Crippen LogP contribution < -0.4 is 10.6 Å². The van der Waals surface area contributed by atoms with Crippen LogP contribution in [0.15, 0.2) is 0 Å². The molecule has 0 aromatic heterocycles. The van der Waals surface area contributed by atoms with Crippen LogP contribution in [0.5, 0.6) is 0 Å². The number of carbonyl (C=O) groups excluding carboxylic acids is 1. The van der Waals surface area contributed by atoms with Crippen molar-refractivity contribution in [3.63, 3.8) is 0 Å². The highest BCUT2D eigenvalue weighted by molar-refractivity contribution is 5.76. The molecule has 0 radical (unpaired) electrons. The quantitative estimate of drug-likeness (QED) is 0.515. The Morgan fingerprint density at radius 1 is 1.54 bits per heavy atom. The summed E-state index contributed by atoms with van der Waals surface area (Å²) in [5.41, 5.74) is 0. The van der Waals surface area contributed by atoms with Gasteiger partial charge in [-0.2, -0.15) is 0 Å². The first-order valence-electron chi connectivity index (χ1n) is 4.72. The third-order valence-corrected chi connectivity index (χ3v) is 1.87. The molecule has 0 fully saturated rings. The summed E-state index contributed by atoms with van der Waals surface area (Å²) < 4.78 is 0. The van der Waals surface area contributed by atoms with Gasteiger partial charge >= 0.3 is 0 Å². The van der Waals surface area contributed by atoms with Crippen molar-refractivity contribution in [2.75, 3.05) is 26.7 Å². The van der Waals surface area contributed by atoms with E-state index in [9.17, 15) is 4.79 Å². The Balaban J connectivity index is 3.34. The zero-order valence-corrected chi connectivity index (χ0v) is 8.47. The molecule has 0 aliphatic heterocycles. The number of aliphatic hydroxyl groups is 1. The predicted octanol–water partition coefficient (Wildman–Crippen LogP) is -0.269. The molecule has 0 aliphatic rings. The van der Waals surface area contributed by atoms with E-state index >= 15 is 0 Å². The Morgan fingerprint density at radius 3 is 2.77 bits per heavy atom. The summed E-state index contributed by atoms with van der Waals surface area (Å²) >= 11 is 0. The zero-order chi connectivity index (χ0) is 10.1. The molecule has 78 valence electrons. The van der Waals surface area contributed by atoms with Gasteiger partial charge in [0, 0.05) is 26.1 Å². The van der Waals surface area contributed by atoms with Crippen LogP contribution in [0.3, 0.4) is 0 Å². The van der Waals surface area contributed by atoms with Gasteiger partial charge < -0.3 is 15.7 Å². The molecule has 0 heterocycles. The normalized spacial score (nSPS) is 12.5. The lowest BCUT2D eigenvalue weighted by Gasteiger charge is -2.10. The molecule has 13 heavy (non-hydrogen) atoms. The van der Waals surface area contributed by atoms with Crippen molar-refractivity contribution in [1.82, 2.24) is 10.6 Å². The first-order chi connectivity index (χ1) is 6.20. The molecule has 0 aliphatic carbocycles. The lowest BCUT2D eigenvalue weighted by Crippen LogP contribution is -2.30. The molecule has 0 aromatic carbocycles. The van der Waals surface area contributed by atoms with E-state index in [-0.39, 0.29) is 12.5 Å². The average Bonchev–Trinajstić information content (AvgIpc) is 2.12. The van der Waals surface area contributed by atoms with Gasteiger partial charge in [-0.15, -0.1) is 0 Å². The fourth-order valence-corrected chi connectivity index (χ4v) is 0.937. The van der Waals surface area contributed by atoms with Crippen molar-refractivity contribution >= 4 is 5.91 Å². The van der Waals surface area contributed by atoms with Gasteiger partial charge in [0.25, 0.3) is 0 Å². The monoisotopic (exact) mass is 188 g/mol. The maximum Gasteiger partial charge on any atom is 0.221 e. The fourth-order valence-electron chi connectivity index (χ4n) is 0.937. The molecule has 4 heteroatoms. The molecule has 1 unspecified atom stereocenters. The van der Waals surface area contributed by atoms with Crippen molar-refractivity contribution in [1.29, 1.82) is 0 Å². The molecular formula is C9H20N2O2. The molecule has 0 spiro atoms. The van der Waals surface area contributed by atoms with Crippen LogP contribution in [0.4, 0.5) is 0 Å². The minimum absolute atomic E-state index is 0.0686. The molecule has 4 nitrogen and oxygen atoms in total. The Labute approximate surface area is 79.7 Å². The second-order valence-electron chi connectivity index (χ2n) is 3.28. The number of rotatable bonds is 7. The molecule has 3 N–H and O–H groups in total. The Morgan fingerprint density at radius 2 is 2.23 bits per heavy atom. The molecule has 0 rings (SSSR count). The van der Waals surface area contributed by atoms with Crippen molar-refractivity contribution in [2.45, 2.75) is 19.8 Å². The van der Waals surface area contributed by atoms with Gasteiger partial charge in [-0.25, -0.2) is 0 Å². The van der Waals surface area contributed by atoms with Crippen LogP contribution in [-0.4, -0.2) is 37.8 Å². The number of carbonyl (C=O) groups is 1. The standard InChI is InChI=1S/C9H20N2O2/c1-8(4-6-12)7-11-9(13)3-5-10-2/h8,10,12H,3-7H2,1-2H3,(H,11,13). The topological polar surface area (TPSA) is 61.4 Å². The number of hydrogen-bond acceptors (Lipinski definition) is 3. The molecule has 0 saturated heterocycles. The predicted molar refractivity (Wildman–Crippen MR) is 52.4 cm³/mol. The van der Waals surface area contributed by atoms with Gasteiger partial charge in [0.1, 0.15) is 0 Å². The second kappa shape index (κ2) is 8.01. The Hall–Kier alpha value is -0.610. The van der Waals surface area contributed by atoms with Crippen molar-refractivity contribution in [3.8, 4) is 0 Å². The molecule has 0 aromatic rings. The van der Waals surface area contributed by atoms with Crippen LogP contribution >= 0.6 is 0 Å². The van der Waals surface area contributed by atoms with E-state index < -0.39 is 0 Å². The van der Waals surface area contributed by atoms with Crippen molar-refractivity contribution in [2.24, 2.45) is 5.92 Å². The van der Waals surface area contributed by atoms with Gasteiger partial charge in [-0.05, 0) is 19.4 Å². The van der Waals surface area contributed by atoms with E-state index in [2.05, 4.69) is 10.6 Å². The highest BCUT2D eigenvalue weighted by Gasteiger charge is 2.03. The van der Waals surface area contributed by atoms with Gasteiger partial charge in [0.05, 0.1) is 0 Å². The molecule has 0 saturated carbocycles. The third kappa shape index (κ3) is 7.74. The number of hydrogen-bond donors (Lipinski definition) is 3. The minimum Gasteiger partial charge on any atom is -0.396 e. The maximum absolute atomic E-state index is 11.1. The van der Waals surface area contributed by atoms with E-state index in [4.69, 9.17) is 5.11 Å². The number of amides is 1. The lowest BCUT2D eigenvalue weighted by molar-refractivity contribution is -0.121. The molecule has 0 bridgehead atoms. The Kier molecular flexibility index (Phi) is 7.63. The summed E-state index contributed by atoms with van der Waals surface area (Å²) in [5, 5.41) is 14.3. The SMILES string of the molecule is CNCCC(=O)NCC(C)CCO. The summed E-state index contributed by atoms with van der Waals surface area (Å²) in [6.45, 7) is 3.56. The number of aliphatic hydroxyl groups excluding tert-OH is 1. The first kappa shape index (κ1) is 12.4. The van der Waals surface area contributed by atoms with Crippen LogP contribution in [0.2, 0.25) is 0 Å². The van der Waals surface area contributed by atoms with E-state index in [1.165, 1.54) is 0 Å². The summed E-state index contributed by atoms with van der Waals surface area (Å²) in [6, 6.07) is 0. The molecule has 1 amide bonds. The molecular weight excluding hydrogens is 168 g/mol. The second-order valence-corrected chi connectivity index (χ2v) is 3.28. The molecule has 1 atom stereocenters. The van der Waals surface area contributed by atoms with Gasteiger partial charge in [0.2, 0.25) is 5.91 Å². The number of nitrogens with one attached hydrogen (secondary N) is 2. The lowest BCUT2D eigenvalue weighted by atomic mass is 10.1.